The normalized spacial score (nSPS) is 21.6. The molecule has 2 heteroatoms. The van der Waals surface area contributed by atoms with Gasteiger partial charge in [-0.2, -0.15) is 0 Å². The van der Waals surface area contributed by atoms with Crippen LogP contribution in [0.2, 0.25) is 0 Å². The highest BCUT2D eigenvalue weighted by atomic mass is 32.2. The largest absolute Gasteiger partial charge is 0.316 e. The fourth-order valence-electron chi connectivity index (χ4n) is 2.31. The molecular formula is C16H25NS. The Hall–Kier alpha value is -0.470. The van der Waals surface area contributed by atoms with Crippen LogP contribution in [0.1, 0.15) is 45.6 Å². The van der Waals surface area contributed by atoms with Crippen LogP contribution in [0.5, 0.6) is 0 Å². The molecule has 2 rings (SSSR count). The van der Waals surface area contributed by atoms with E-state index in [1.54, 1.807) is 0 Å². The molecule has 0 spiro atoms. The molecule has 100 valence electrons. The summed E-state index contributed by atoms with van der Waals surface area (Å²) in [6.07, 6.45) is 4.05. The average molecular weight is 263 g/mol. The van der Waals surface area contributed by atoms with E-state index in [1.807, 2.05) is 11.8 Å². The second-order valence-electron chi connectivity index (χ2n) is 6.21. The first-order chi connectivity index (χ1) is 8.55. The summed E-state index contributed by atoms with van der Waals surface area (Å²) in [5.41, 5.74) is 1.68. The third-order valence-corrected chi connectivity index (χ3v) is 4.80. The summed E-state index contributed by atoms with van der Waals surface area (Å²) in [7, 11) is 0. The molecule has 1 heterocycles. The molecule has 0 amide bonds. The maximum atomic E-state index is 3.53. The summed E-state index contributed by atoms with van der Waals surface area (Å²) < 4.78 is 0. The van der Waals surface area contributed by atoms with Gasteiger partial charge in [0.25, 0.3) is 0 Å². The molecule has 0 aliphatic carbocycles. The van der Waals surface area contributed by atoms with E-state index in [1.165, 1.54) is 36.3 Å². The van der Waals surface area contributed by atoms with Crippen molar-refractivity contribution in [2.75, 3.05) is 13.1 Å². The van der Waals surface area contributed by atoms with Gasteiger partial charge >= 0.3 is 0 Å². The quantitative estimate of drug-likeness (QED) is 0.857. The fraction of sp³-hybridized carbons (Fsp3) is 0.625. The Labute approximate surface area is 116 Å². The zero-order valence-corrected chi connectivity index (χ0v) is 12.6. The third kappa shape index (κ3) is 4.03. The van der Waals surface area contributed by atoms with Crippen LogP contribution in [0.25, 0.3) is 0 Å². The van der Waals surface area contributed by atoms with Gasteiger partial charge in [0.2, 0.25) is 0 Å². The Morgan fingerprint density at radius 1 is 1.11 bits per heavy atom. The fourth-order valence-corrected chi connectivity index (χ4v) is 3.48. The molecule has 1 unspecified atom stereocenters. The Bertz CT molecular complexity index is 356. The van der Waals surface area contributed by atoms with Crippen LogP contribution in [0, 0.1) is 0 Å². The van der Waals surface area contributed by atoms with E-state index in [9.17, 15) is 0 Å². The van der Waals surface area contributed by atoms with Crippen molar-refractivity contribution in [1.82, 2.24) is 5.32 Å². The van der Waals surface area contributed by atoms with Crippen LogP contribution in [-0.2, 0) is 5.41 Å². The van der Waals surface area contributed by atoms with E-state index in [-0.39, 0.29) is 5.41 Å². The molecule has 1 saturated heterocycles. The monoisotopic (exact) mass is 263 g/mol. The molecule has 1 atom stereocenters. The van der Waals surface area contributed by atoms with Gasteiger partial charge < -0.3 is 5.32 Å². The molecule has 1 nitrogen and oxygen atoms in total. The predicted octanol–water partition coefficient (Wildman–Crippen LogP) is 4.22. The number of nitrogens with one attached hydrogen (secondary N) is 1. The van der Waals surface area contributed by atoms with Gasteiger partial charge in [-0.1, -0.05) is 39.3 Å². The number of rotatable bonds is 2. The number of hydrogen-bond donors (Lipinski definition) is 1. The van der Waals surface area contributed by atoms with Crippen molar-refractivity contribution in [3.05, 3.63) is 29.8 Å². The summed E-state index contributed by atoms with van der Waals surface area (Å²) in [4.78, 5) is 1.41. The van der Waals surface area contributed by atoms with Crippen LogP contribution in [0.4, 0.5) is 0 Å². The average Bonchev–Trinajstić information content (AvgIpc) is 2.57. The summed E-state index contributed by atoms with van der Waals surface area (Å²) in [6.45, 7) is 9.16. The second kappa shape index (κ2) is 6.12. The van der Waals surface area contributed by atoms with Gasteiger partial charge in [0, 0.05) is 16.7 Å². The Morgan fingerprint density at radius 2 is 1.83 bits per heavy atom. The molecule has 0 aromatic heterocycles. The molecule has 0 saturated carbocycles. The van der Waals surface area contributed by atoms with Crippen LogP contribution in [0.15, 0.2) is 29.2 Å². The summed E-state index contributed by atoms with van der Waals surface area (Å²) in [5, 5.41) is 4.28. The minimum Gasteiger partial charge on any atom is -0.316 e. The van der Waals surface area contributed by atoms with E-state index < -0.39 is 0 Å². The van der Waals surface area contributed by atoms with Crippen LogP contribution >= 0.6 is 11.8 Å². The number of hydrogen-bond acceptors (Lipinski definition) is 2. The lowest BCUT2D eigenvalue weighted by Crippen LogP contribution is -2.22. The predicted molar refractivity (Wildman–Crippen MR) is 81.5 cm³/mol. The van der Waals surface area contributed by atoms with E-state index in [0.717, 1.165) is 11.8 Å². The molecule has 1 aliphatic heterocycles. The van der Waals surface area contributed by atoms with Gasteiger partial charge in [-0.05, 0) is 42.5 Å². The van der Waals surface area contributed by atoms with Crippen molar-refractivity contribution in [3.63, 3.8) is 0 Å². The van der Waals surface area contributed by atoms with E-state index >= 15 is 0 Å². The molecule has 1 N–H and O–H groups in total. The molecule has 1 aromatic carbocycles. The molecule has 1 aliphatic rings. The zero-order valence-electron chi connectivity index (χ0n) is 11.8. The highest BCUT2D eigenvalue weighted by molar-refractivity contribution is 8.00. The summed E-state index contributed by atoms with van der Waals surface area (Å²) in [5.74, 6) is 0. The van der Waals surface area contributed by atoms with Crippen molar-refractivity contribution in [2.24, 2.45) is 0 Å². The lowest BCUT2D eigenvalue weighted by Gasteiger charge is -2.20. The Balaban J connectivity index is 1.97. The number of thioether (sulfide) groups is 1. The van der Waals surface area contributed by atoms with Gasteiger partial charge in [-0.25, -0.2) is 0 Å². The van der Waals surface area contributed by atoms with Crippen LogP contribution < -0.4 is 5.32 Å². The van der Waals surface area contributed by atoms with E-state index in [4.69, 9.17) is 0 Å². The molecule has 18 heavy (non-hydrogen) atoms. The molecule has 1 aromatic rings. The second-order valence-corrected chi connectivity index (χ2v) is 7.59. The molecular weight excluding hydrogens is 238 g/mol. The first kappa shape index (κ1) is 14.0. The lowest BCUT2D eigenvalue weighted by atomic mass is 9.87. The van der Waals surface area contributed by atoms with Crippen LogP contribution in [-0.4, -0.2) is 18.3 Å². The Kier molecular flexibility index (Phi) is 4.74. The standard InChI is InChI=1S/C16H25NS/c1-16(2,3)13-7-9-14(10-8-13)18-15-6-4-5-11-17-12-15/h7-10,15,17H,4-6,11-12H2,1-3H3. The van der Waals surface area contributed by atoms with E-state index in [2.05, 4.69) is 50.4 Å². The van der Waals surface area contributed by atoms with Crippen molar-refractivity contribution in [1.29, 1.82) is 0 Å². The topological polar surface area (TPSA) is 12.0 Å². The highest BCUT2D eigenvalue weighted by Gasteiger charge is 2.15. The SMILES string of the molecule is CC(C)(C)c1ccc(SC2CCCCNC2)cc1. The van der Waals surface area contributed by atoms with Gasteiger partial charge in [0.1, 0.15) is 0 Å². The summed E-state index contributed by atoms with van der Waals surface area (Å²) in [6, 6.07) is 9.14. The van der Waals surface area contributed by atoms with Gasteiger partial charge in [-0.15, -0.1) is 11.8 Å². The molecule has 0 radical (unpaired) electrons. The lowest BCUT2D eigenvalue weighted by molar-refractivity contribution is 0.589. The van der Waals surface area contributed by atoms with Gasteiger partial charge in [0.05, 0.1) is 0 Å². The van der Waals surface area contributed by atoms with Crippen molar-refractivity contribution in [2.45, 2.75) is 55.6 Å². The first-order valence-electron chi connectivity index (χ1n) is 7.03. The summed E-state index contributed by atoms with van der Waals surface area (Å²) >= 11 is 2.03. The highest BCUT2D eigenvalue weighted by Crippen LogP contribution is 2.30. The Morgan fingerprint density at radius 3 is 2.50 bits per heavy atom. The van der Waals surface area contributed by atoms with Gasteiger partial charge in [-0.3, -0.25) is 0 Å². The van der Waals surface area contributed by atoms with Crippen molar-refractivity contribution in [3.8, 4) is 0 Å². The number of benzene rings is 1. The minimum absolute atomic E-state index is 0.257. The smallest absolute Gasteiger partial charge is 0.0219 e. The molecule has 0 bridgehead atoms. The maximum absolute atomic E-state index is 3.53. The maximum Gasteiger partial charge on any atom is 0.0219 e. The third-order valence-electron chi connectivity index (χ3n) is 3.52. The minimum atomic E-state index is 0.257. The van der Waals surface area contributed by atoms with Crippen molar-refractivity contribution < 1.29 is 0 Å². The van der Waals surface area contributed by atoms with E-state index in [0.29, 0.717) is 0 Å². The van der Waals surface area contributed by atoms with Crippen molar-refractivity contribution >= 4 is 11.8 Å². The van der Waals surface area contributed by atoms with Crippen LogP contribution in [0.3, 0.4) is 0 Å². The van der Waals surface area contributed by atoms with Gasteiger partial charge in [0.15, 0.2) is 0 Å². The molecule has 1 fully saturated rings. The zero-order chi connectivity index (χ0) is 13.0. The first-order valence-corrected chi connectivity index (χ1v) is 7.91.